The van der Waals surface area contributed by atoms with Crippen LogP contribution in [-0.4, -0.2) is 0 Å². The van der Waals surface area contributed by atoms with E-state index >= 15 is 0 Å². The zero-order valence-electron chi connectivity index (χ0n) is 7.23. The molecular weight excluding hydrogens is 158 g/mol. The van der Waals surface area contributed by atoms with Gasteiger partial charge in [-0.25, -0.2) is 0 Å². The second kappa shape index (κ2) is 8.44. The Morgan fingerprint density at radius 2 is 1.92 bits per heavy atom. The van der Waals surface area contributed by atoms with E-state index < -0.39 is 6.08 Å². The fourth-order valence-electron chi connectivity index (χ4n) is 0.853. The Bertz CT molecular complexity index is 144. The van der Waals surface area contributed by atoms with Crippen LogP contribution in [0.3, 0.4) is 0 Å². The first-order valence-electron chi connectivity index (χ1n) is 4.24. The second-order valence-electron chi connectivity index (χ2n) is 2.59. The number of unbranched alkanes of at least 4 members (excludes halogenated alkanes) is 4. The molecule has 0 saturated heterocycles. The lowest BCUT2D eigenvalue weighted by atomic mass is 10.1. The van der Waals surface area contributed by atoms with Crippen molar-refractivity contribution < 1.29 is 8.78 Å². The maximum absolute atomic E-state index is 11.5. The molecule has 0 saturated carbocycles. The van der Waals surface area contributed by atoms with Crippen LogP contribution in [0, 0.1) is 6.92 Å². The molecular formula is C10H15F2. The highest BCUT2D eigenvalue weighted by atomic mass is 19.3. The molecule has 12 heavy (non-hydrogen) atoms. The van der Waals surface area contributed by atoms with Crippen molar-refractivity contribution in [3.63, 3.8) is 0 Å². The lowest BCUT2D eigenvalue weighted by Crippen LogP contribution is -1.73. The molecule has 0 nitrogen and oxygen atoms in total. The molecule has 0 atom stereocenters. The van der Waals surface area contributed by atoms with Gasteiger partial charge in [0.1, 0.15) is 0 Å². The van der Waals surface area contributed by atoms with Gasteiger partial charge in [0.15, 0.2) is 0 Å². The smallest absolute Gasteiger partial charge is 0.173 e. The first-order chi connectivity index (χ1) is 5.77. The van der Waals surface area contributed by atoms with Gasteiger partial charge in [-0.15, -0.1) is 0 Å². The van der Waals surface area contributed by atoms with Gasteiger partial charge >= 0.3 is 0 Å². The fraction of sp³-hybridized carbons (Fsp3) is 0.500. The summed E-state index contributed by atoms with van der Waals surface area (Å²) in [5, 5.41) is 0. The highest BCUT2D eigenvalue weighted by Crippen LogP contribution is 2.03. The quantitative estimate of drug-likeness (QED) is 0.419. The van der Waals surface area contributed by atoms with Gasteiger partial charge in [-0.05, 0) is 12.8 Å². The van der Waals surface area contributed by atoms with Crippen molar-refractivity contribution in [2.24, 2.45) is 0 Å². The fourth-order valence-corrected chi connectivity index (χ4v) is 0.853. The molecule has 69 valence electrons. The van der Waals surface area contributed by atoms with Gasteiger partial charge in [0.05, 0.1) is 0 Å². The Morgan fingerprint density at radius 3 is 2.50 bits per heavy atom. The molecule has 0 fully saturated rings. The molecule has 0 bridgehead atoms. The summed E-state index contributed by atoms with van der Waals surface area (Å²) in [7, 11) is 0. The summed E-state index contributed by atoms with van der Waals surface area (Å²) in [6.45, 7) is 3.72. The van der Waals surface area contributed by atoms with E-state index in [0.29, 0.717) is 0 Å². The Hall–Kier alpha value is -0.660. The van der Waals surface area contributed by atoms with Crippen LogP contribution >= 0.6 is 0 Å². The summed E-state index contributed by atoms with van der Waals surface area (Å²) >= 11 is 0. The van der Waals surface area contributed by atoms with E-state index in [1.165, 1.54) is 6.08 Å². The number of rotatable bonds is 6. The first-order valence-corrected chi connectivity index (χ1v) is 4.24. The van der Waals surface area contributed by atoms with E-state index in [-0.39, 0.29) is 0 Å². The van der Waals surface area contributed by atoms with Crippen molar-refractivity contribution in [2.75, 3.05) is 0 Å². The third-order valence-electron chi connectivity index (χ3n) is 1.48. The highest BCUT2D eigenvalue weighted by Gasteiger charge is 1.84. The predicted octanol–water partition coefficient (Wildman–Crippen LogP) is 4.11. The van der Waals surface area contributed by atoms with Gasteiger partial charge < -0.3 is 0 Å². The molecule has 0 heterocycles. The first kappa shape index (κ1) is 11.3. The summed E-state index contributed by atoms with van der Waals surface area (Å²) in [6.07, 6.45) is 7.52. The molecule has 0 aromatic carbocycles. The van der Waals surface area contributed by atoms with E-state index in [1.54, 1.807) is 6.08 Å². The second-order valence-corrected chi connectivity index (χ2v) is 2.59. The van der Waals surface area contributed by atoms with E-state index in [2.05, 4.69) is 6.92 Å². The van der Waals surface area contributed by atoms with Crippen LogP contribution in [0.15, 0.2) is 24.3 Å². The summed E-state index contributed by atoms with van der Waals surface area (Å²) in [5.74, 6) is 0. The summed E-state index contributed by atoms with van der Waals surface area (Å²) < 4.78 is 22.9. The Kier molecular flexibility index (Phi) is 7.97. The van der Waals surface area contributed by atoms with Crippen LogP contribution in [0.5, 0.6) is 0 Å². The van der Waals surface area contributed by atoms with E-state index in [1.807, 2.05) is 0 Å². The van der Waals surface area contributed by atoms with Crippen molar-refractivity contribution >= 4 is 0 Å². The number of allylic oxidation sites excluding steroid dienone is 3. The molecule has 0 aliphatic heterocycles. The van der Waals surface area contributed by atoms with Crippen molar-refractivity contribution in [1.82, 2.24) is 0 Å². The largest absolute Gasteiger partial charge is 0.270 e. The van der Waals surface area contributed by atoms with Gasteiger partial charge in [0.2, 0.25) is 0 Å². The van der Waals surface area contributed by atoms with Crippen LogP contribution in [0.1, 0.15) is 32.1 Å². The summed E-state index contributed by atoms with van der Waals surface area (Å²) in [6, 6.07) is 0. The third-order valence-corrected chi connectivity index (χ3v) is 1.48. The van der Waals surface area contributed by atoms with Crippen LogP contribution < -0.4 is 0 Å². The predicted molar refractivity (Wildman–Crippen MR) is 47.9 cm³/mol. The average molecular weight is 173 g/mol. The van der Waals surface area contributed by atoms with Crippen molar-refractivity contribution in [3.05, 3.63) is 31.2 Å². The normalized spacial score (nSPS) is 10.6. The Balaban J connectivity index is 3.19. The minimum Gasteiger partial charge on any atom is -0.173 e. The van der Waals surface area contributed by atoms with Crippen molar-refractivity contribution in [3.8, 4) is 0 Å². The van der Waals surface area contributed by atoms with Gasteiger partial charge in [-0.2, -0.15) is 8.78 Å². The maximum atomic E-state index is 11.5. The molecule has 2 heteroatoms. The summed E-state index contributed by atoms with van der Waals surface area (Å²) in [5.41, 5.74) is 0. The standard InChI is InChI=1S/C10H15F2/c1-2-3-4-5-6-7-8-9-10(11)12/h7-9H,1-6H2. The molecule has 0 rings (SSSR count). The molecule has 0 aromatic rings. The van der Waals surface area contributed by atoms with Crippen LogP contribution in [-0.2, 0) is 0 Å². The monoisotopic (exact) mass is 173 g/mol. The molecule has 0 spiro atoms. The Labute approximate surface area is 73.0 Å². The molecule has 0 aliphatic carbocycles. The third kappa shape index (κ3) is 9.34. The van der Waals surface area contributed by atoms with Crippen molar-refractivity contribution in [2.45, 2.75) is 32.1 Å². The lowest BCUT2D eigenvalue weighted by Gasteiger charge is -1.92. The molecule has 1 radical (unpaired) electrons. The number of hydrogen-bond acceptors (Lipinski definition) is 0. The average Bonchev–Trinajstić information content (AvgIpc) is 2.02. The van der Waals surface area contributed by atoms with Gasteiger partial charge in [0.25, 0.3) is 6.08 Å². The molecule has 0 aliphatic rings. The minimum atomic E-state index is -1.64. The topological polar surface area (TPSA) is 0 Å². The van der Waals surface area contributed by atoms with Crippen LogP contribution in [0.25, 0.3) is 0 Å². The number of hydrogen-bond donors (Lipinski definition) is 0. The zero-order valence-corrected chi connectivity index (χ0v) is 7.23. The van der Waals surface area contributed by atoms with Gasteiger partial charge in [0, 0.05) is 6.08 Å². The molecule has 0 N–H and O–H groups in total. The SMILES string of the molecule is [CH2]CCCCCC=CC=C(F)F. The maximum Gasteiger partial charge on any atom is 0.270 e. The molecule has 0 amide bonds. The van der Waals surface area contributed by atoms with Crippen molar-refractivity contribution in [1.29, 1.82) is 0 Å². The minimum absolute atomic E-state index is 0.821. The molecule has 0 aromatic heterocycles. The molecule has 0 unspecified atom stereocenters. The highest BCUT2D eigenvalue weighted by molar-refractivity contribution is 5.02. The lowest BCUT2D eigenvalue weighted by molar-refractivity contribution is 0.422. The van der Waals surface area contributed by atoms with E-state index in [9.17, 15) is 8.78 Å². The number of halogens is 2. The van der Waals surface area contributed by atoms with E-state index in [4.69, 9.17) is 0 Å². The van der Waals surface area contributed by atoms with Gasteiger partial charge in [-0.3, -0.25) is 0 Å². The van der Waals surface area contributed by atoms with Crippen LogP contribution in [0.2, 0.25) is 0 Å². The Morgan fingerprint density at radius 1 is 1.17 bits per heavy atom. The van der Waals surface area contributed by atoms with E-state index in [0.717, 1.165) is 38.2 Å². The van der Waals surface area contributed by atoms with Gasteiger partial charge in [-0.1, -0.05) is 38.3 Å². The van der Waals surface area contributed by atoms with Crippen LogP contribution in [0.4, 0.5) is 8.78 Å². The zero-order chi connectivity index (χ0) is 9.23. The summed E-state index contributed by atoms with van der Waals surface area (Å²) in [4.78, 5) is 0.